The average Bonchev–Trinajstić information content (AvgIpc) is 2.89. The Bertz CT molecular complexity index is 836. The molecule has 0 bridgehead atoms. The molecule has 0 spiro atoms. The molecule has 0 aliphatic carbocycles. The summed E-state index contributed by atoms with van der Waals surface area (Å²) < 4.78 is 15.9. The van der Waals surface area contributed by atoms with Gasteiger partial charge in [0.1, 0.15) is 5.75 Å². The maximum atomic E-state index is 10.6. The fourth-order valence-corrected chi connectivity index (χ4v) is 2.77. The van der Waals surface area contributed by atoms with Gasteiger partial charge in [0.25, 0.3) is 0 Å². The molecule has 3 rings (SSSR count). The summed E-state index contributed by atoms with van der Waals surface area (Å²) in [5.41, 5.74) is 2.63. The molecule has 1 aromatic heterocycles. The van der Waals surface area contributed by atoms with E-state index in [2.05, 4.69) is 4.98 Å². The van der Waals surface area contributed by atoms with Crippen molar-refractivity contribution in [3.05, 3.63) is 23.8 Å². The number of fused-ring (bicyclic) bond motifs is 3. The van der Waals surface area contributed by atoms with Gasteiger partial charge in [0.05, 0.1) is 32.2 Å². The second kappa shape index (κ2) is 4.77. The standard InChI is InChI=1S/C16H17NO4/c1-8-13-12(14(18)16(21-4)15(8)20-3)10-7-9(19-2)5-6-11(10)17-13/h5-7,17-18H,1-4H3. The molecule has 0 saturated heterocycles. The fourth-order valence-electron chi connectivity index (χ4n) is 2.77. The molecule has 2 N–H and O–H groups in total. The summed E-state index contributed by atoms with van der Waals surface area (Å²) in [6.07, 6.45) is 0. The van der Waals surface area contributed by atoms with Crippen LogP contribution in [-0.2, 0) is 0 Å². The molecule has 0 amide bonds. The summed E-state index contributed by atoms with van der Waals surface area (Å²) in [6, 6.07) is 5.68. The number of methoxy groups -OCH3 is 3. The van der Waals surface area contributed by atoms with E-state index in [0.717, 1.165) is 27.7 Å². The van der Waals surface area contributed by atoms with Gasteiger partial charge in [-0.3, -0.25) is 0 Å². The normalized spacial score (nSPS) is 11.0. The molecular weight excluding hydrogens is 270 g/mol. The Labute approximate surface area is 122 Å². The van der Waals surface area contributed by atoms with Crippen molar-refractivity contribution in [1.29, 1.82) is 0 Å². The lowest BCUT2D eigenvalue weighted by Crippen LogP contribution is -1.94. The topological polar surface area (TPSA) is 63.7 Å². The number of H-pyrrole nitrogens is 1. The number of benzene rings is 2. The molecule has 0 atom stereocenters. The van der Waals surface area contributed by atoms with Crippen LogP contribution in [0.4, 0.5) is 0 Å². The molecule has 0 fully saturated rings. The Kier molecular flexibility index (Phi) is 3.05. The van der Waals surface area contributed by atoms with Crippen LogP contribution in [0.25, 0.3) is 21.8 Å². The van der Waals surface area contributed by atoms with Crippen LogP contribution in [0.15, 0.2) is 18.2 Å². The number of nitrogens with one attached hydrogen (secondary N) is 1. The highest BCUT2D eigenvalue weighted by atomic mass is 16.5. The summed E-state index contributed by atoms with van der Waals surface area (Å²) in [4.78, 5) is 3.31. The molecule has 0 aliphatic rings. The summed E-state index contributed by atoms with van der Waals surface area (Å²) in [6.45, 7) is 1.93. The summed E-state index contributed by atoms with van der Waals surface area (Å²) in [7, 11) is 4.69. The highest BCUT2D eigenvalue weighted by molar-refractivity contribution is 6.13. The summed E-state index contributed by atoms with van der Waals surface area (Å²) in [5.74, 6) is 1.66. The third kappa shape index (κ3) is 1.77. The third-order valence-electron chi connectivity index (χ3n) is 3.79. The van der Waals surface area contributed by atoms with Gasteiger partial charge in [-0.25, -0.2) is 0 Å². The molecule has 0 unspecified atom stereocenters. The number of ether oxygens (including phenoxy) is 3. The number of rotatable bonds is 3. The van der Waals surface area contributed by atoms with E-state index in [-0.39, 0.29) is 5.75 Å². The smallest absolute Gasteiger partial charge is 0.204 e. The van der Waals surface area contributed by atoms with Crippen molar-refractivity contribution in [2.45, 2.75) is 6.92 Å². The maximum Gasteiger partial charge on any atom is 0.204 e. The van der Waals surface area contributed by atoms with Crippen molar-refractivity contribution >= 4 is 21.8 Å². The van der Waals surface area contributed by atoms with Crippen molar-refractivity contribution in [3.8, 4) is 23.0 Å². The Balaban J connectivity index is 2.51. The van der Waals surface area contributed by atoms with E-state index in [1.54, 1.807) is 14.2 Å². The monoisotopic (exact) mass is 287 g/mol. The van der Waals surface area contributed by atoms with Crippen LogP contribution < -0.4 is 14.2 Å². The zero-order chi connectivity index (χ0) is 15.1. The van der Waals surface area contributed by atoms with Crippen molar-refractivity contribution < 1.29 is 19.3 Å². The first kappa shape index (κ1) is 13.4. The van der Waals surface area contributed by atoms with Gasteiger partial charge < -0.3 is 24.3 Å². The van der Waals surface area contributed by atoms with Crippen LogP contribution in [-0.4, -0.2) is 31.4 Å². The van der Waals surface area contributed by atoms with Gasteiger partial charge in [0.2, 0.25) is 5.75 Å². The van der Waals surface area contributed by atoms with Gasteiger partial charge >= 0.3 is 0 Å². The first-order valence-electron chi connectivity index (χ1n) is 6.55. The predicted octanol–water partition coefficient (Wildman–Crippen LogP) is 3.36. The molecular formula is C16H17NO4. The van der Waals surface area contributed by atoms with E-state index in [1.165, 1.54) is 7.11 Å². The van der Waals surface area contributed by atoms with Crippen LogP contribution in [0.2, 0.25) is 0 Å². The number of phenols is 1. The molecule has 5 heteroatoms. The number of hydrogen-bond acceptors (Lipinski definition) is 4. The second-order valence-corrected chi connectivity index (χ2v) is 4.83. The lowest BCUT2D eigenvalue weighted by molar-refractivity contribution is 0.334. The largest absolute Gasteiger partial charge is 0.504 e. The van der Waals surface area contributed by atoms with Gasteiger partial charge in [-0.2, -0.15) is 0 Å². The number of aromatic nitrogens is 1. The van der Waals surface area contributed by atoms with E-state index in [9.17, 15) is 5.11 Å². The summed E-state index contributed by atoms with van der Waals surface area (Å²) >= 11 is 0. The van der Waals surface area contributed by atoms with E-state index in [4.69, 9.17) is 14.2 Å². The van der Waals surface area contributed by atoms with E-state index < -0.39 is 0 Å². The first-order valence-corrected chi connectivity index (χ1v) is 6.55. The number of aryl methyl sites for hydroxylation is 1. The maximum absolute atomic E-state index is 10.6. The molecule has 0 saturated carbocycles. The van der Waals surface area contributed by atoms with E-state index in [1.807, 2.05) is 25.1 Å². The van der Waals surface area contributed by atoms with Gasteiger partial charge in [-0.05, 0) is 25.1 Å². The second-order valence-electron chi connectivity index (χ2n) is 4.83. The Hall–Kier alpha value is -2.56. The highest BCUT2D eigenvalue weighted by Crippen LogP contribution is 2.48. The van der Waals surface area contributed by atoms with Crippen LogP contribution in [0.5, 0.6) is 23.0 Å². The van der Waals surface area contributed by atoms with Crippen LogP contribution in [0.1, 0.15) is 5.56 Å². The molecule has 21 heavy (non-hydrogen) atoms. The quantitative estimate of drug-likeness (QED) is 0.775. The molecule has 0 aliphatic heterocycles. The van der Waals surface area contributed by atoms with E-state index >= 15 is 0 Å². The van der Waals surface area contributed by atoms with Crippen molar-refractivity contribution in [2.24, 2.45) is 0 Å². The number of aromatic amines is 1. The SMILES string of the molecule is COc1ccc2[nH]c3c(C)c(OC)c(OC)c(O)c3c2c1. The zero-order valence-electron chi connectivity index (χ0n) is 12.4. The summed E-state index contributed by atoms with van der Waals surface area (Å²) in [5, 5.41) is 12.2. The van der Waals surface area contributed by atoms with E-state index in [0.29, 0.717) is 16.9 Å². The minimum atomic E-state index is 0.0643. The first-order chi connectivity index (χ1) is 10.1. The lowest BCUT2D eigenvalue weighted by Gasteiger charge is -2.13. The van der Waals surface area contributed by atoms with Gasteiger partial charge in [-0.15, -0.1) is 0 Å². The fraction of sp³-hybridized carbons (Fsp3) is 0.250. The van der Waals surface area contributed by atoms with Gasteiger partial charge in [-0.1, -0.05) is 0 Å². The molecule has 1 heterocycles. The van der Waals surface area contributed by atoms with Gasteiger partial charge in [0, 0.05) is 16.5 Å². The molecule has 2 aromatic carbocycles. The van der Waals surface area contributed by atoms with Crippen molar-refractivity contribution in [2.75, 3.05) is 21.3 Å². The van der Waals surface area contributed by atoms with Crippen LogP contribution in [0, 0.1) is 6.92 Å². The number of hydrogen-bond donors (Lipinski definition) is 2. The zero-order valence-corrected chi connectivity index (χ0v) is 12.4. The molecule has 3 aromatic rings. The Morgan fingerprint density at radius 1 is 1.00 bits per heavy atom. The molecule has 0 radical (unpaired) electrons. The molecule has 5 nitrogen and oxygen atoms in total. The van der Waals surface area contributed by atoms with Crippen molar-refractivity contribution in [1.82, 2.24) is 4.98 Å². The predicted molar refractivity (Wildman–Crippen MR) is 81.9 cm³/mol. The third-order valence-corrected chi connectivity index (χ3v) is 3.79. The van der Waals surface area contributed by atoms with Crippen molar-refractivity contribution in [3.63, 3.8) is 0 Å². The van der Waals surface area contributed by atoms with Crippen LogP contribution >= 0.6 is 0 Å². The minimum Gasteiger partial charge on any atom is -0.504 e. The number of phenolic OH excluding ortho intramolecular Hbond substituents is 1. The molecule has 110 valence electrons. The Morgan fingerprint density at radius 3 is 2.33 bits per heavy atom. The van der Waals surface area contributed by atoms with Crippen LogP contribution in [0.3, 0.4) is 0 Å². The lowest BCUT2D eigenvalue weighted by atomic mass is 10.1. The highest BCUT2D eigenvalue weighted by Gasteiger charge is 2.22. The minimum absolute atomic E-state index is 0.0643. The van der Waals surface area contributed by atoms with Gasteiger partial charge in [0.15, 0.2) is 11.5 Å². The average molecular weight is 287 g/mol. The number of aromatic hydroxyl groups is 1. The Morgan fingerprint density at radius 2 is 1.71 bits per heavy atom.